The number of aromatic hydroxyl groups is 1. The molecule has 1 aliphatic rings. The molecule has 8 nitrogen and oxygen atoms in total. The molecule has 3 aromatic heterocycles. The maximum Gasteiger partial charge on any atom is 0.273 e. The van der Waals surface area contributed by atoms with E-state index in [1.807, 2.05) is 6.07 Å². The van der Waals surface area contributed by atoms with Gasteiger partial charge in [-0.3, -0.25) is 4.79 Å². The van der Waals surface area contributed by atoms with E-state index in [4.69, 9.17) is 4.42 Å². The van der Waals surface area contributed by atoms with Crippen molar-refractivity contribution in [2.24, 2.45) is 5.10 Å². The van der Waals surface area contributed by atoms with Crippen LogP contribution in [0.4, 0.5) is 0 Å². The molecule has 1 aromatic carbocycles. The highest BCUT2D eigenvalue weighted by Gasteiger charge is 2.25. The molecule has 0 unspecified atom stereocenters. The number of aromatic nitrogens is 3. The Morgan fingerprint density at radius 1 is 1.22 bits per heavy atom. The standard InChI is InChI=1S/C18H11N5O3S/c24-13-5-2-1-4-10(13)8-11-15-12(9-19-21-16(11)25)23-18(20-15)27-17(22-23)14-6-3-7-26-14/h1-9,24H,(H,21,25)/b11-8-. The van der Waals surface area contributed by atoms with Crippen molar-refractivity contribution in [1.29, 1.82) is 0 Å². The van der Waals surface area contributed by atoms with Gasteiger partial charge in [0.1, 0.15) is 17.1 Å². The summed E-state index contributed by atoms with van der Waals surface area (Å²) in [6.45, 7) is 0. The van der Waals surface area contributed by atoms with Crippen LogP contribution in [0.2, 0.25) is 0 Å². The number of nitrogens with one attached hydrogen (secondary N) is 1. The van der Waals surface area contributed by atoms with Gasteiger partial charge >= 0.3 is 0 Å². The summed E-state index contributed by atoms with van der Waals surface area (Å²) in [5.74, 6) is 0.304. The van der Waals surface area contributed by atoms with E-state index in [2.05, 4.69) is 20.6 Å². The summed E-state index contributed by atoms with van der Waals surface area (Å²) in [4.78, 5) is 17.7. The third-order valence-corrected chi connectivity index (χ3v) is 4.98. The Morgan fingerprint density at radius 3 is 2.93 bits per heavy atom. The second kappa shape index (κ2) is 5.92. The number of carbonyl (C=O) groups excluding carboxylic acids is 1. The Balaban J connectivity index is 1.69. The Hall–Kier alpha value is -3.72. The highest BCUT2D eigenvalue weighted by Crippen LogP contribution is 2.31. The van der Waals surface area contributed by atoms with Crippen molar-refractivity contribution in [2.45, 2.75) is 0 Å². The monoisotopic (exact) mass is 377 g/mol. The summed E-state index contributed by atoms with van der Waals surface area (Å²) in [6, 6.07) is 10.4. The molecular formula is C18H11N5O3S. The van der Waals surface area contributed by atoms with Gasteiger partial charge < -0.3 is 9.52 Å². The molecule has 1 aliphatic heterocycles. The van der Waals surface area contributed by atoms with E-state index in [1.165, 1.54) is 17.6 Å². The SMILES string of the molecule is O=C1NN=Cc2c(nc3sc(-c4ccco4)nn23)/C1=C/c1ccccc1O. The van der Waals surface area contributed by atoms with Crippen LogP contribution < -0.4 is 5.43 Å². The summed E-state index contributed by atoms with van der Waals surface area (Å²) in [7, 11) is 0. The van der Waals surface area contributed by atoms with E-state index in [0.717, 1.165) is 0 Å². The van der Waals surface area contributed by atoms with Crippen molar-refractivity contribution in [3.8, 4) is 16.5 Å². The van der Waals surface area contributed by atoms with Gasteiger partial charge in [0.2, 0.25) is 4.96 Å². The first kappa shape index (κ1) is 15.5. The number of fused-ring (bicyclic) bond motifs is 3. The van der Waals surface area contributed by atoms with Gasteiger partial charge in [-0.1, -0.05) is 29.5 Å². The minimum absolute atomic E-state index is 0.0729. The Bertz CT molecular complexity index is 1230. The smallest absolute Gasteiger partial charge is 0.273 e. The number of imidazole rings is 1. The molecule has 4 heterocycles. The fourth-order valence-electron chi connectivity index (χ4n) is 2.80. The molecule has 1 amide bonds. The van der Waals surface area contributed by atoms with Gasteiger partial charge in [0.25, 0.3) is 5.91 Å². The predicted molar refractivity (Wildman–Crippen MR) is 100 cm³/mol. The van der Waals surface area contributed by atoms with Gasteiger partial charge in [0.15, 0.2) is 10.8 Å². The van der Waals surface area contributed by atoms with Crippen LogP contribution >= 0.6 is 11.3 Å². The predicted octanol–water partition coefficient (Wildman–Crippen LogP) is 2.76. The van der Waals surface area contributed by atoms with E-state index in [0.29, 0.717) is 38.3 Å². The van der Waals surface area contributed by atoms with Gasteiger partial charge in [0, 0.05) is 5.56 Å². The highest BCUT2D eigenvalue weighted by molar-refractivity contribution is 7.19. The van der Waals surface area contributed by atoms with E-state index in [9.17, 15) is 9.90 Å². The van der Waals surface area contributed by atoms with Crippen molar-refractivity contribution >= 4 is 40.1 Å². The zero-order chi connectivity index (χ0) is 18.4. The van der Waals surface area contributed by atoms with E-state index < -0.39 is 5.91 Å². The number of nitrogens with zero attached hydrogens (tertiary/aromatic N) is 4. The van der Waals surface area contributed by atoms with Crippen molar-refractivity contribution in [1.82, 2.24) is 20.0 Å². The van der Waals surface area contributed by atoms with Crippen LogP contribution in [0.3, 0.4) is 0 Å². The second-order valence-electron chi connectivity index (χ2n) is 5.74. The largest absolute Gasteiger partial charge is 0.507 e. The molecule has 0 radical (unpaired) electrons. The van der Waals surface area contributed by atoms with Crippen LogP contribution in [-0.4, -0.2) is 31.8 Å². The molecule has 0 spiro atoms. The molecule has 27 heavy (non-hydrogen) atoms. The average molecular weight is 377 g/mol. The minimum Gasteiger partial charge on any atom is -0.507 e. The lowest BCUT2D eigenvalue weighted by Gasteiger charge is -2.03. The number of carbonyl (C=O) groups is 1. The third kappa shape index (κ3) is 2.52. The molecule has 0 aliphatic carbocycles. The number of hydrazone groups is 1. The van der Waals surface area contributed by atoms with E-state index in [1.54, 1.807) is 47.2 Å². The summed E-state index contributed by atoms with van der Waals surface area (Å²) in [5.41, 5.74) is 4.27. The molecule has 2 N–H and O–H groups in total. The summed E-state index contributed by atoms with van der Waals surface area (Å²) in [6.07, 6.45) is 4.67. The van der Waals surface area contributed by atoms with Gasteiger partial charge in [0.05, 0.1) is 18.1 Å². The fourth-order valence-corrected chi connectivity index (χ4v) is 3.67. The number of phenolic OH excluding ortho intramolecular Hbond substituents is 1. The molecule has 0 saturated heterocycles. The Kier molecular flexibility index (Phi) is 3.41. The lowest BCUT2D eigenvalue weighted by molar-refractivity contribution is -0.115. The Labute approximate surface area is 156 Å². The fraction of sp³-hybridized carbons (Fsp3) is 0. The topological polar surface area (TPSA) is 105 Å². The van der Waals surface area contributed by atoms with Crippen molar-refractivity contribution in [3.63, 3.8) is 0 Å². The van der Waals surface area contributed by atoms with E-state index in [-0.39, 0.29) is 5.75 Å². The van der Waals surface area contributed by atoms with Crippen LogP contribution in [0.25, 0.3) is 27.4 Å². The zero-order valence-corrected chi connectivity index (χ0v) is 14.5. The highest BCUT2D eigenvalue weighted by atomic mass is 32.1. The van der Waals surface area contributed by atoms with E-state index >= 15 is 0 Å². The van der Waals surface area contributed by atoms with Crippen LogP contribution in [0.1, 0.15) is 17.0 Å². The summed E-state index contributed by atoms with van der Waals surface area (Å²) >= 11 is 1.35. The zero-order valence-electron chi connectivity index (χ0n) is 13.7. The number of hydrogen-bond acceptors (Lipinski definition) is 7. The molecule has 0 atom stereocenters. The second-order valence-corrected chi connectivity index (χ2v) is 6.70. The van der Waals surface area contributed by atoms with Gasteiger partial charge in [-0.05, 0) is 24.3 Å². The third-order valence-electron chi connectivity index (χ3n) is 4.06. The first-order valence-corrected chi connectivity index (χ1v) is 8.79. The lowest BCUT2D eigenvalue weighted by atomic mass is 10.1. The molecule has 0 fully saturated rings. The molecule has 132 valence electrons. The summed E-state index contributed by atoms with van der Waals surface area (Å²) < 4.78 is 7.01. The maximum absolute atomic E-state index is 12.5. The molecule has 4 aromatic rings. The molecule has 0 saturated carbocycles. The van der Waals surface area contributed by atoms with Crippen LogP contribution in [0, 0.1) is 0 Å². The van der Waals surface area contributed by atoms with Crippen LogP contribution in [-0.2, 0) is 4.79 Å². The quantitative estimate of drug-likeness (QED) is 0.523. The molecular weight excluding hydrogens is 366 g/mol. The maximum atomic E-state index is 12.5. The van der Waals surface area contributed by atoms with Crippen LogP contribution in [0.5, 0.6) is 5.75 Å². The minimum atomic E-state index is -0.412. The molecule has 9 heteroatoms. The number of benzene rings is 1. The van der Waals surface area contributed by atoms with Gasteiger partial charge in [-0.15, -0.1) is 0 Å². The number of hydrogen-bond donors (Lipinski definition) is 2. The average Bonchev–Trinajstić information content (AvgIpc) is 3.36. The normalized spacial score (nSPS) is 15.1. The Morgan fingerprint density at radius 2 is 2.11 bits per heavy atom. The van der Waals surface area contributed by atoms with Gasteiger partial charge in [-0.25, -0.2) is 14.9 Å². The molecule has 5 rings (SSSR count). The van der Waals surface area contributed by atoms with Crippen molar-refractivity contribution in [2.75, 3.05) is 0 Å². The summed E-state index contributed by atoms with van der Waals surface area (Å²) in [5, 5.41) is 19.2. The number of amides is 1. The number of phenols is 1. The van der Waals surface area contributed by atoms with Crippen LogP contribution in [0.15, 0.2) is 52.2 Å². The lowest BCUT2D eigenvalue weighted by Crippen LogP contribution is -2.17. The first-order valence-electron chi connectivity index (χ1n) is 7.97. The number of rotatable bonds is 2. The number of para-hydroxylation sites is 1. The van der Waals surface area contributed by atoms with Crippen molar-refractivity contribution in [3.05, 3.63) is 59.6 Å². The van der Waals surface area contributed by atoms with Gasteiger partial charge in [-0.2, -0.15) is 10.2 Å². The van der Waals surface area contributed by atoms with Crippen molar-refractivity contribution < 1.29 is 14.3 Å². The molecule has 0 bridgehead atoms. The first-order chi connectivity index (χ1) is 13.2. The number of furan rings is 1.